The van der Waals surface area contributed by atoms with E-state index in [1.165, 1.54) is 0 Å². The van der Waals surface area contributed by atoms with E-state index in [-0.39, 0.29) is 10.7 Å². The molecule has 2 N–H and O–H groups in total. The van der Waals surface area contributed by atoms with Gasteiger partial charge in [0.25, 0.3) is 0 Å². The highest BCUT2D eigenvalue weighted by atomic mass is 15.3. The summed E-state index contributed by atoms with van der Waals surface area (Å²) in [5.74, 6) is -0.677. The van der Waals surface area contributed by atoms with Gasteiger partial charge < -0.3 is 10.6 Å². The van der Waals surface area contributed by atoms with E-state index in [0.29, 0.717) is 0 Å². The maximum atomic E-state index is 7.70. The molecular weight excluding hydrogens is 152 g/mol. The number of anilines is 2. The minimum Gasteiger partial charge on any atom is -0.382 e. The van der Waals surface area contributed by atoms with Gasteiger partial charge in [0, 0.05) is 26.7 Å². The highest BCUT2D eigenvalue weighted by Crippen LogP contribution is 2.08. The zero-order chi connectivity index (χ0) is 17.6. The number of aromatic nitrogens is 2. The highest BCUT2D eigenvalue weighted by molar-refractivity contribution is 5.40. The standard InChI is InChI=1S/C8H14N4/c1-3-12(4-2)8-6-5-7(9)10-11-8/h5-6H,3-4H2,1-2H3,(H2,9,10)/i1D3,2D3,3D2,4D2. The molecule has 0 saturated carbocycles. The third-order valence-electron chi connectivity index (χ3n) is 1.12. The lowest BCUT2D eigenvalue weighted by Gasteiger charge is -2.18. The SMILES string of the molecule is [2H]C([2H])([2H])C([2H])([2H])N(c1ccc(N)nn1)C([2H])([2H])C([2H])([2H])[2H]. The summed E-state index contributed by atoms with van der Waals surface area (Å²) in [6.45, 7) is -13.4. The summed E-state index contributed by atoms with van der Waals surface area (Å²) in [7, 11) is 0. The normalized spacial score (nSPS) is 26.7. The van der Waals surface area contributed by atoms with Gasteiger partial charge in [-0.1, -0.05) is 0 Å². The van der Waals surface area contributed by atoms with Crippen molar-refractivity contribution in [3.05, 3.63) is 12.1 Å². The van der Waals surface area contributed by atoms with Gasteiger partial charge in [-0.05, 0) is 25.8 Å². The Morgan fingerprint density at radius 2 is 2.25 bits per heavy atom. The zero-order valence-electron chi connectivity index (χ0n) is 16.1. The van der Waals surface area contributed by atoms with Crippen LogP contribution >= 0.6 is 0 Å². The molecule has 0 radical (unpaired) electrons. The number of nitrogens with zero attached hydrogens (tertiary/aromatic N) is 3. The molecule has 0 aliphatic heterocycles. The van der Waals surface area contributed by atoms with Crippen LogP contribution in [0.1, 0.15) is 27.4 Å². The average molecular weight is 176 g/mol. The fourth-order valence-corrected chi connectivity index (χ4v) is 0.597. The maximum absolute atomic E-state index is 7.70. The molecule has 1 heterocycles. The lowest BCUT2D eigenvalue weighted by Crippen LogP contribution is -2.23. The number of nitrogens with two attached hydrogens (primary N) is 1. The second-order valence-corrected chi connectivity index (χ2v) is 1.88. The van der Waals surface area contributed by atoms with Crippen molar-refractivity contribution in [3.8, 4) is 0 Å². The molecular formula is C8H14N4. The van der Waals surface area contributed by atoms with Crippen LogP contribution in [0.25, 0.3) is 0 Å². The highest BCUT2D eigenvalue weighted by Gasteiger charge is 2.01. The van der Waals surface area contributed by atoms with E-state index in [9.17, 15) is 0 Å². The van der Waals surface area contributed by atoms with Crippen LogP contribution in [-0.4, -0.2) is 23.2 Å². The first-order chi connectivity index (χ1) is 9.62. The predicted molar refractivity (Wildman–Crippen MR) is 50.0 cm³/mol. The zero-order valence-corrected chi connectivity index (χ0v) is 6.07. The fourth-order valence-electron chi connectivity index (χ4n) is 0.597. The third kappa shape index (κ3) is 1.84. The van der Waals surface area contributed by atoms with Crippen LogP contribution in [0.3, 0.4) is 0 Å². The van der Waals surface area contributed by atoms with Gasteiger partial charge in [0.1, 0.15) is 5.82 Å². The van der Waals surface area contributed by atoms with E-state index in [4.69, 9.17) is 19.4 Å². The molecule has 0 aliphatic rings. The molecule has 0 atom stereocenters. The van der Waals surface area contributed by atoms with Gasteiger partial charge in [-0.25, -0.2) is 0 Å². The minimum absolute atomic E-state index is 0.0492. The van der Waals surface area contributed by atoms with Crippen molar-refractivity contribution in [2.24, 2.45) is 0 Å². The Morgan fingerprint density at radius 1 is 1.50 bits per heavy atom. The van der Waals surface area contributed by atoms with E-state index in [1.54, 1.807) is 0 Å². The van der Waals surface area contributed by atoms with Crippen LogP contribution in [0, 0.1) is 0 Å². The Hall–Kier alpha value is -1.32. The van der Waals surface area contributed by atoms with Crippen LogP contribution in [0.15, 0.2) is 12.1 Å². The summed E-state index contributed by atoms with van der Waals surface area (Å²) in [6.07, 6.45) is 0. The molecule has 0 unspecified atom stereocenters. The maximum Gasteiger partial charge on any atom is 0.151 e. The molecule has 1 rings (SSSR count). The van der Waals surface area contributed by atoms with Crippen molar-refractivity contribution in [1.29, 1.82) is 0 Å². The summed E-state index contributed by atoms with van der Waals surface area (Å²) in [6, 6.07) is 2.12. The Bertz CT molecular complexity index is 493. The van der Waals surface area contributed by atoms with Crippen LogP contribution < -0.4 is 10.6 Å². The summed E-state index contributed by atoms with van der Waals surface area (Å²) in [4.78, 5) is -0.0492. The monoisotopic (exact) mass is 176 g/mol. The van der Waals surface area contributed by atoms with E-state index < -0.39 is 32.5 Å². The summed E-state index contributed by atoms with van der Waals surface area (Å²) in [5.41, 5.74) is 5.31. The predicted octanol–water partition coefficient (Wildman–Crippen LogP) is 0.905. The summed E-state index contributed by atoms with van der Waals surface area (Å²) >= 11 is 0. The minimum atomic E-state index is -3.35. The molecule has 66 valence electrons. The fraction of sp³-hybridized carbons (Fsp3) is 0.500. The van der Waals surface area contributed by atoms with Crippen LogP contribution in [-0.2, 0) is 0 Å². The third-order valence-corrected chi connectivity index (χ3v) is 1.12. The van der Waals surface area contributed by atoms with E-state index >= 15 is 0 Å². The van der Waals surface area contributed by atoms with Crippen molar-refractivity contribution in [1.82, 2.24) is 10.2 Å². The van der Waals surface area contributed by atoms with Gasteiger partial charge >= 0.3 is 0 Å². The molecule has 0 spiro atoms. The Morgan fingerprint density at radius 3 is 2.75 bits per heavy atom. The number of hydrogen-bond acceptors (Lipinski definition) is 4. The van der Waals surface area contributed by atoms with Crippen molar-refractivity contribution < 1.29 is 13.7 Å². The smallest absolute Gasteiger partial charge is 0.151 e. The molecule has 1 aromatic rings. The van der Waals surface area contributed by atoms with Crippen LogP contribution in [0.2, 0.25) is 0 Å². The Balaban J connectivity index is 3.57. The summed E-state index contributed by atoms with van der Waals surface area (Å²) < 4.78 is 74.2. The van der Waals surface area contributed by atoms with E-state index in [2.05, 4.69) is 10.2 Å². The Kier molecular flexibility index (Phi) is 0.760. The molecule has 0 amide bonds. The first kappa shape index (κ1) is 2.34. The molecule has 0 bridgehead atoms. The first-order valence-corrected chi connectivity index (χ1v) is 3.02. The van der Waals surface area contributed by atoms with Gasteiger partial charge in [0.05, 0.1) is 0 Å². The largest absolute Gasteiger partial charge is 0.382 e. The van der Waals surface area contributed by atoms with Crippen LogP contribution in [0.5, 0.6) is 0 Å². The average Bonchev–Trinajstić information content (AvgIpc) is 2.28. The lowest BCUT2D eigenvalue weighted by atomic mass is 10.4. The second-order valence-electron chi connectivity index (χ2n) is 1.88. The lowest BCUT2D eigenvalue weighted by molar-refractivity contribution is 0.826. The molecule has 0 aromatic carbocycles. The van der Waals surface area contributed by atoms with E-state index in [1.807, 2.05) is 0 Å². The number of nitrogen functional groups attached to an aromatic ring is 1. The van der Waals surface area contributed by atoms with Crippen molar-refractivity contribution in [2.75, 3.05) is 23.6 Å². The van der Waals surface area contributed by atoms with Crippen LogP contribution in [0.4, 0.5) is 11.6 Å². The number of hydrogen-bond donors (Lipinski definition) is 1. The second kappa shape index (κ2) is 3.90. The quantitative estimate of drug-likeness (QED) is 0.743. The molecule has 0 saturated heterocycles. The van der Waals surface area contributed by atoms with Gasteiger partial charge in [-0.2, -0.15) is 0 Å². The molecule has 4 nitrogen and oxygen atoms in total. The first-order valence-electron chi connectivity index (χ1n) is 8.02. The molecule has 1 aromatic heterocycles. The molecule has 0 fully saturated rings. The summed E-state index contributed by atoms with van der Waals surface area (Å²) in [5, 5.41) is 6.79. The van der Waals surface area contributed by atoms with Crippen molar-refractivity contribution in [2.45, 2.75) is 13.7 Å². The number of rotatable bonds is 3. The van der Waals surface area contributed by atoms with Gasteiger partial charge in [0.15, 0.2) is 5.82 Å². The van der Waals surface area contributed by atoms with Gasteiger partial charge in [-0.3, -0.25) is 0 Å². The topological polar surface area (TPSA) is 55.0 Å². The van der Waals surface area contributed by atoms with Crippen molar-refractivity contribution >= 4 is 11.6 Å². The molecule has 12 heavy (non-hydrogen) atoms. The van der Waals surface area contributed by atoms with Gasteiger partial charge in [0.2, 0.25) is 0 Å². The Labute approximate surface area is 86.4 Å². The van der Waals surface area contributed by atoms with Crippen molar-refractivity contribution in [3.63, 3.8) is 0 Å². The van der Waals surface area contributed by atoms with Gasteiger partial charge in [-0.15, -0.1) is 10.2 Å². The van der Waals surface area contributed by atoms with E-state index in [0.717, 1.165) is 12.1 Å². The molecule has 4 heteroatoms. The molecule has 0 aliphatic carbocycles.